The van der Waals surface area contributed by atoms with Crippen molar-refractivity contribution < 1.29 is 9.21 Å². The van der Waals surface area contributed by atoms with E-state index < -0.39 is 0 Å². The van der Waals surface area contributed by atoms with E-state index in [2.05, 4.69) is 0 Å². The molecule has 0 radical (unpaired) electrons. The van der Waals surface area contributed by atoms with E-state index in [0.29, 0.717) is 24.3 Å². The van der Waals surface area contributed by atoms with E-state index in [9.17, 15) is 4.79 Å². The molecule has 1 amide bonds. The Bertz CT molecular complexity index is 520. The summed E-state index contributed by atoms with van der Waals surface area (Å²) in [5.74, 6) is -0.0336. The van der Waals surface area contributed by atoms with Crippen LogP contribution in [0.25, 0.3) is 0 Å². The van der Waals surface area contributed by atoms with Gasteiger partial charge in [-0.2, -0.15) is 0 Å². The van der Waals surface area contributed by atoms with E-state index in [4.69, 9.17) is 10.2 Å². The first-order chi connectivity index (χ1) is 8.70. The molecule has 0 unspecified atom stereocenters. The number of anilines is 1. The van der Waals surface area contributed by atoms with Crippen LogP contribution < -0.4 is 5.73 Å². The molecule has 1 aromatic heterocycles. The quantitative estimate of drug-likeness (QED) is 0.841. The lowest BCUT2D eigenvalue weighted by Gasteiger charge is -2.20. The van der Waals surface area contributed by atoms with Gasteiger partial charge < -0.3 is 15.1 Å². The summed E-state index contributed by atoms with van der Waals surface area (Å²) in [5.41, 5.74) is 8.03. The monoisotopic (exact) mass is 244 g/mol. The summed E-state index contributed by atoms with van der Waals surface area (Å²) < 4.78 is 4.93. The number of hydrogen-bond donors (Lipinski definition) is 1. The van der Waals surface area contributed by atoms with E-state index in [-0.39, 0.29) is 5.91 Å². The average molecular weight is 244 g/mol. The van der Waals surface area contributed by atoms with Gasteiger partial charge in [-0.1, -0.05) is 12.1 Å². The predicted octanol–water partition coefficient (Wildman–Crippen LogP) is 2.52. The molecule has 0 spiro atoms. The zero-order valence-corrected chi connectivity index (χ0v) is 10.3. The highest BCUT2D eigenvalue weighted by Gasteiger charge is 2.15. The molecule has 4 heteroatoms. The molecule has 2 aromatic rings. The van der Waals surface area contributed by atoms with E-state index in [1.54, 1.807) is 11.0 Å². The molecule has 0 bridgehead atoms. The summed E-state index contributed by atoms with van der Waals surface area (Å²) in [7, 11) is 0. The standard InChI is InChI=1S/C14H16N2O2/c1-2-16(14(17)12-6-7-18-10-12)9-11-4-3-5-13(15)8-11/h3-8,10H,2,9,15H2,1H3. The van der Waals surface area contributed by atoms with Crippen LogP contribution >= 0.6 is 0 Å². The summed E-state index contributed by atoms with van der Waals surface area (Å²) in [6.07, 6.45) is 2.96. The number of carbonyl (C=O) groups is 1. The lowest BCUT2D eigenvalue weighted by molar-refractivity contribution is 0.0752. The van der Waals surface area contributed by atoms with Crippen molar-refractivity contribution in [3.05, 3.63) is 54.0 Å². The minimum Gasteiger partial charge on any atom is -0.472 e. The number of carbonyl (C=O) groups excluding carboxylic acids is 1. The van der Waals surface area contributed by atoms with Crippen molar-refractivity contribution in [2.75, 3.05) is 12.3 Å². The van der Waals surface area contributed by atoms with Gasteiger partial charge in [0, 0.05) is 18.8 Å². The Morgan fingerprint density at radius 3 is 2.83 bits per heavy atom. The second kappa shape index (κ2) is 5.40. The number of nitrogens with two attached hydrogens (primary N) is 1. The molecule has 94 valence electrons. The average Bonchev–Trinajstić information content (AvgIpc) is 2.89. The Morgan fingerprint density at radius 1 is 1.39 bits per heavy atom. The minimum absolute atomic E-state index is 0.0336. The third-order valence-corrected chi connectivity index (χ3v) is 2.76. The maximum atomic E-state index is 12.2. The van der Waals surface area contributed by atoms with E-state index >= 15 is 0 Å². The fourth-order valence-corrected chi connectivity index (χ4v) is 1.81. The Hall–Kier alpha value is -2.23. The number of nitrogen functional groups attached to an aromatic ring is 1. The van der Waals surface area contributed by atoms with Gasteiger partial charge in [-0.05, 0) is 30.7 Å². The molecule has 1 aromatic carbocycles. The molecule has 0 aliphatic carbocycles. The van der Waals surface area contributed by atoms with Gasteiger partial charge in [-0.15, -0.1) is 0 Å². The summed E-state index contributed by atoms with van der Waals surface area (Å²) in [5, 5.41) is 0. The lowest BCUT2D eigenvalue weighted by atomic mass is 10.2. The van der Waals surface area contributed by atoms with Crippen LogP contribution in [0.3, 0.4) is 0 Å². The molecule has 0 atom stereocenters. The number of hydrogen-bond acceptors (Lipinski definition) is 3. The van der Waals surface area contributed by atoms with Gasteiger partial charge in [-0.3, -0.25) is 4.79 Å². The molecule has 4 nitrogen and oxygen atoms in total. The molecular weight excluding hydrogens is 228 g/mol. The Kier molecular flexibility index (Phi) is 3.67. The predicted molar refractivity (Wildman–Crippen MR) is 70.0 cm³/mol. The Labute approximate surface area is 106 Å². The molecule has 2 N–H and O–H groups in total. The van der Waals surface area contributed by atoms with Gasteiger partial charge in [0.15, 0.2) is 0 Å². The Morgan fingerprint density at radius 2 is 2.22 bits per heavy atom. The van der Waals surface area contributed by atoms with Crippen LogP contribution in [0, 0.1) is 0 Å². The summed E-state index contributed by atoms with van der Waals surface area (Å²) in [4.78, 5) is 13.9. The highest BCUT2D eigenvalue weighted by atomic mass is 16.3. The third kappa shape index (κ3) is 2.71. The molecule has 0 saturated heterocycles. The normalized spacial score (nSPS) is 10.3. The van der Waals surface area contributed by atoms with Crippen molar-refractivity contribution in [3.63, 3.8) is 0 Å². The first kappa shape index (κ1) is 12.2. The van der Waals surface area contributed by atoms with Gasteiger partial charge in [-0.25, -0.2) is 0 Å². The van der Waals surface area contributed by atoms with Gasteiger partial charge in [0.25, 0.3) is 5.91 Å². The summed E-state index contributed by atoms with van der Waals surface area (Å²) in [6, 6.07) is 9.23. The molecule has 0 aliphatic rings. The smallest absolute Gasteiger partial charge is 0.257 e. The molecular formula is C14H16N2O2. The number of rotatable bonds is 4. The van der Waals surface area contributed by atoms with Crippen LogP contribution in [0.1, 0.15) is 22.8 Å². The van der Waals surface area contributed by atoms with Crippen molar-refractivity contribution in [1.82, 2.24) is 4.90 Å². The van der Waals surface area contributed by atoms with Gasteiger partial charge in [0.2, 0.25) is 0 Å². The van der Waals surface area contributed by atoms with E-state index in [1.807, 2.05) is 31.2 Å². The van der Waals surface area contributed by atoms with Crippen molar-refractivity contribution in [2.45, 2.75) is 13.5 Å². The van der Waals surface area contributed by atoms with Crippen molar-refractivity contribution in [1.29, 1.82) is 0 Å². The Balaban J connectivity index is 2.12. The summed E-state index contributed by atoms with van der Waals surface area (Å²) in [6.45, 7) is 3.13. The number of furan rings is 1. The van der Waals surface area contributed by atoms with Crippen LogP contribution in [0.15, 0.2) is 47.3 Å². The van der Waals surface area contributed by atoms with Gasteiger partial charge >= 0.3 is 0 Å². The van der Waals surface area contributed by atoms with Crippen molar-refractivity contribution in [2.24, 2.45) is 0 Å². The molecule has 0 saturated carbocycles. The van der Waals surface area contributed by atoms with Crippen molar-refractivity contribution >= 4 is 11.6 Å². The molecule has 2 rings (SSSR count). The fourth-order valence-electron chi connectivity index (χ4n) is 1.81. The topological polar surface area (TPSA) is 59.5 Å². The van der Waals surface area contributed by atoms with Crippen molar-refractivity contribution in [3.8, 4) is 0 Å². The number of amides is 1. The fraction of sp³-hybridized carbons (Fsp3) is 0.214. The van der Waals surface area contributed by atoms with E-state index in [0.717, 1.165) is 5.56 Å². The van der Waals surface area contributed by atoms with Crippen LogP contribution in [0.2, 0.25) is 0 Å². The van der Waals surface area contributed by atoms with Gasteiger partial charge in [0.05, 0.1) is 11.8 Å². The SMILES string of the molecule is CCN(Cc1cccc(N)c1)C(=O)c1ccoc1. The highest BCUT2D eigenvalue weighted by Crippen LogP contribution is 2.12. The van der Waals surface area contributed by atoms with Crippen LogP contribution in [0.4, 0.5) is 5.69 Å². The zero-order chi connectivity index (χ0) is 13.0. The maximum absolute atomic E-state index is 12.2. The largest absolute Gasteiger partial charge is 0.472 e. The van der Waals surface area contributed by atoms with Gasteiger partial charge in [0.1, 0.15) is 6.26 Å². The molecule has 18 heavy (non-hydrogen) atoms. The molecule has 1 heterocycles. The van der Waals surface area contributed by atoms with Crippen LogP contribution in [-0.2, 0) is 6.54 Å². The maximum Gasteiger partial charge on any atom is 0.257 e. The third-order valence-electron chi connectivity index (χ3n) is 2.76. The lowest BCUT2D eigenvalue weighted by Crippen LogP contribution is -2.30. The zero-order valence-electron chi connectivity index (χ0n) is 10.3. The number of nitrogens with zero attached hydrogens (tertiary/aromatic N) is 1. The first-order valence-electron chi connectivity index (χ1n) is 5.86. The highest BCUT2D eigenvalue weighted by molar-refractivity contribution is 5.93. The second-order valence-corrected chi connectivity index (χ2v) is 4.08. The first-order valence-corrected chi connectivity index (χ1v) is 5.86. The van der Waals surface area contributed by atoms with Crippen LogP contribution in [-0.4, -0.2) is 17.4 Å². The minimum atomic E-state index is -0.0336. The second-order valence-electron chi connectivity index (χ2n) is 4.08. The van der Waals surface area contributed by atoms with E-state index in [1.165, 1.54) is 12.5 Å². The van der Waals surface area contributed by atoms with Crippen LogP contribution in [0.5, 0.6) is 0 Å². The number of benzene rings is 1. The molecule has 0 aliphatic heterocycles. The summed E-state index contributed by atoms with van der Waals surface area (Å²) >= 11 is 0. The molecule has 0 fully saturated rings.